The van der Waals surface area contributed by atoms with Gasteiger partial charge in [-0.1, -0.05) is 0 Å². The Bertz CT molecular complexity index is 2290. The van der Waals surface area contributed by atoms with E-state index in [1.807, 2.05) is 0 Å². The van der Waals surface area contributed by atoms with Crippen LogP contribution in [0.2, 0.25) is 0 Å². The molecule has 90 heavy (non-hydrogen) atoms. The molecule has 7 aliphatic heterocycles. The van der Waals surface area contributed by atoms with Crippen molar-refractivity contribution in [1.82, 2.24) is 10.6 Å². The summed E-state index contributed by atoms with van der Waals surface area (Å²) < 4.78 is 73.7. The zero-order valence-electron chi connectivity index (χ0n) is 47.7. The van der Waals surface area contributed by atoms with Gasteiger partial charge in [0.2, 0.25) is 11.8 Å². The summed E-state index contributed by atoms with van der Waals surface area (Å²) in [4.78, 5) is 37.6. The minimum Gasteiger partial charge on any atom is -0.477 e. The van der Waals surface area contributed by atoms with Crippen LogP contribution in [0.15, 0.2) is 0 Å². The van der Waals surface area contributed by atoms with Crippen LogP contribution in [0.1, 0.15) is 20.3 Å². The molecule has 0 bridgehead atoms. The van der Waals surface area contributed by atoms with E-state index in [1.165, 1.54) is 0 Å². The number of hydrogen-bond donors (Lipinski definition) is 25. The van der Waals surface area contributed by atoms with Gasteiger partial charge in [0.25, 0.3) is 5.79 Å². The first kappa shape index (κ1) is 74.4. The summed E-state index contributed by atoms with van der Waals surface area (Å²) in [6, 6.07) is -3.46. The van der Waals surface area contributed by atoms with Gasteiger partial charge in [-0.3, -0.25) is 9.59 Å². The fourth-order valence-electron chi connectivity index (χ4n) is 11.3. The van der Waals surface area contributed by atoms with E-state index in [0.717, 1.165) is 13.8 Å². The Balaban J connectivity index is 1.11. The van der Waals surface area contributed by atoms with Gasteiger partial charge in [-0.05, 0) is 0 Å². The van der Waals surface area contributed by atoms with Crippen molar-refractivity contribution < 1.29 is 193 Å². The number of aliphatic hydroxyl groups is 22. The van der Waals surface area contributed by atoms with Gasteiger partial charge in [-0.15, -0.1) is 0 Å². The van der Waals surface area contributed by atoms with E-state index < -0.39 is 291 Å². The molecule has 0 radical (unpaired) electrons. The van der Waals surface area contributed by atoms with Crippen molar-refractivity contribution in [2.45, 2.75) is 241 Å². The first-order chi connectivity index (χ1) is 42.4. The number of ether oxygens (including phenoxy) is 13. The van der Waals surface area contributed by atoms with Crippen LogP contribution in [0, 0.1) is 0 Å². The quantitative estimate of drug-likeness (QED) is 0.0427. The van der Waals surface area contributed by atoms with Crippen molar-refractivity contribution in [3.8, 4) is 0 Å². The maximum Gasteiger partial charge on any atom is 0.364 e. The first-order valence-electron chi connectivity index (χ1n) is 28.3. The second-order valence-electron chi connectivity index (χ2n) is 22.5. The van der Waals surface area contributed by atoms with Crippen LogP contribution < -0.4 is 10.6 Å². The first-order valence-corrected chi connectivity index (χ1v) is 28.3. The highest BCUT2D eigenvalue weighted by atomic mass is 16.8. The molecular weight excluding hydrogens is 1240 g/mol. The second-order valence-corrected chi connectivity index (χ2v) is 22.5. The van der Waals surface area contributed by atoms with Crippen LogP contribution in [0.5, 0.6) is 0 Å². The van der Waals surface area contributed by atoms with Crippen LogP contribution in [0.4, 0.5) is 0 Å². The number of carboxylic acids is 1. The number of aliphatic carboxylic acids is 1. The molecule has 7 saturated heterocycles. The lowest BCUT2D eigenvalue weighted by molar-refractivity contribution is -0.392. The highest BCUT2D eigenvalue weighted by molar-refractivity contribution is 5.76. The lowest BCUT2D eigenvalue weighted by Gasteiger charge is -2.49. The molecule has 41 nitrogen and oxygen atoms in total. The summed E-state index contributed by atoms with van der Waals surface area (Å²) in [6.45, 7) is -5.53. The van der Waals surface area contributed by atoms with Crippen LogP contribution in [-0.4, -0.2) is 402 Å². The van der Waals surface area contributed by atoms with E-state index in [1.54, 1.807) is 0 Å². The molecule has 25 N–H and O–H groups in total. The average molecular weight is 1320 g/mol. The molecule has 0 aliphatic carbocycles. The molecule has 0 saturated carbocycles. The Kier molecular flexibility index (Phi) is 26.2. The molecule has 522 valence electrons. The molecule has 7 aliphatic rings. The van der Waals surface area contributed by atoms with Gasteiger partial charge in [0, 0.05) is 20.3 Å². The summed E-state index contributed by atoms with van der Waals surface area (Å²) in [5.41, 5.74) is 0. The number of aliphatic hydroxyl groups excluding tert-OH is 22. The van der Waals surface area contributed by atoms with Crippen molar-refractivity contribution in [3.05, 3.63) is 0 Å². The maximum absolute atomic E-state index is 12.8. The minimum atomic E-state index is -3.02. The molecule has 0 aromatic rings. The molecular formula is C49H82N2O39. The van der Waals surface area contributed by atoms with E-state index in [0.29, 0.717) is 0 Å². The highest BCUT2D eigenvalue weighted by Crippen LogP contribution is 2.38. The molecule has 36 atom stereocenters. The molecule has 0 spiro atoms. The fraction of sp³-hybridized carbons (Fsp3) is 0.939. The summed E-state index contributed by atoms with van der Waals surface area (Å²) >= 11 is 0. The molecule has 0 aromatic heterocycles. The van der Waals surface area contributed by atoms with Gasteiger partial charge in [0.05, 0.1) is 58.4 Å². The van der Waals surface area contributed by atoms with Gasteiger partial charge < -0.3 is 190 Å². The normalized spacial score (nSPS) is 48.5. The number of rotatable bonds is 24. The number of amides is 2. The summed E-state index contributed by atoms with van der Waals surface area (Å²) in [7, 11) is 0. The smallest absolute Gasteiger partial charge is 0.364 e. The zero-order valence-corrected chi connectivity index (χ0v) is 47.7. The Morgan fingerprint density at radius 2 is 0.867 bits per heavy atom. The van der Waals surface area contributed by atoms with E-state index in [9.17, 15) is 132 Å². The molecule has 0 aromatic carbocycles. The number of carbonyl (C=O) groups excluding carboxylic acids is 2. The largest absolute Gasteiger partial charge is 0.477 e. The van der Waals surface area contributed by atoms with Gasteiger partial charge >= 0.3 is 5.97 Å². The number of carboxylic acid groups (broad SMARTS) is 1. The van der Waals surface area contributed by atoms with E-state index in [2.05, 4.69) is 10.6 Å². The fourth-order valence-corrected chi connectivity index (χ4v) is 11.3. The highest BCUT2D eigenvalue weighted by Gasteiger charge is 2.60. The third kappa shape index (κ3) is 15.9. The molecule has 7 fully saturated rings. The number of hydrogen-bond acceptors (Lipinski definition) is 38. The van der Waals surface area contributed by atoms with E-state index >= 15 is 0 Å². The van der Waals surface area contributed by atoms with Crippen molar-refractivity contribution >= 4 is 17.8 Å². The SMILES string of the molecule is CC(=O)N[C@H]1[C@H](OC[C@H]2O[C@@H](O[C@H]3[C@H](O)[C@@H](O)C(O)O[C@@H]3CO)[C@H](O)[C@@H](O[C@@H]3O[C@H](CO)[C@H](O)[C@H](O[C@@H]4O[C@H](CO)[C@H](O)[C@H](O)[C@H]4O)[C@H]3O)[C@H]2O)O[C@H](CO)[C@@H](O[C@@H]2O[C@H](CO[C@]3(C(=O)O)C[C@H](O)[C@@H](NC(C)=O)[C@H]([C@H](O)[C@H](O)CO)O3)[C@H](O)[C@H](O)[C@H]2O)[C@@H]1O. The van der Waals surface area contributed by atoms with Gasteiger partial charge in [0.1, 0.15) is 165 Å². The second kappa shape index (κ2) is 31.7. The van der Waals surface area contributed by atoms with Crippen LogP contribution in [0.25, 0.3) is 0 Å². The van der Waals surface area contributed by atoms with Crippen LogP contribution in [-0.2, 0) is 76.0 Å². The summed E-state index contributed by atoms with van der Waals surface area (Å²) in [5.74, 6) is -6.73. The Hall–Kier alpha value is -2.99. The van der Waals surface area contributed by atoms with Crippen molar-refractivity contribution in [3.63, 3.8) is 0 Å². The van der Waals surface area contributed by atoms with E-state index in [4.69, 9.17) is 61.6 Å². The molecule has 2 amide bonds. The summed E-state index contributed by atoms with van der Waals surface area (Å²) in [6.07, 6.45) is -69.0. The third-order valence-electron chi connectivity index (χ3n) is 16.3. The topological polar surface area (TPSA) is 661 Å². The third-order valence-corrected chi connectivity index (χ3v) is 16.3. The van der Waals surface area contributed by atoms with Crippen molar-refractivity contribution in [2.75, 3.05) is 46.2 Å². The standard InChI is InChI=1S/C49H82N2O39/c1-11(57)50-21-13(59)3-49(48(76)77,90-39(21)23(61)14(60)4-52)79-10-20-25(63)30(68)34(72)45(85-20)86-37-18(8-56)83-43(22(28(37)66)51-12(2)58)78-9-19-27(65)41(36(74)47(84-19)87-38-17(7-55)80-42(75)32(70)31(38)69)89-46-35(73)40(26(64)16(6-54)82-46)88-44-33(71)29(67)24(62)15(5-53)81-44/h13-47,52-56,59-75H,3-10H2,1-2H3,(H,50,57)(H,51,58)(H,76,77)/t13-,14+,15+,16+,17+,18+,19+,20+,21+,22+,23+,24-,25-,26-,27-,28+,29-,30-,31+,32+,33+,34+,35+,36+,37+,38+,39+,40-,41-,42?,43+,44-,45-,46-,47-,49+/m0/s1. The minimum absolute atomic E-state index is 0.806. The predicted octanol–water partition coefficient (Wildman–Crippen LogP) is -16.8. The van der Waals surface area contributed by atoms with Crippen molar-refractivity contribution in [1.29, 1.82) is 0 Å². The van der Waals surface area contributed by atoms with Gasteiger partial charge in [-0.2, -0.15) is 0 Å². The number of carbonyl (C=O) groups is 3. The van der Waals surface area contributed by atoms with Gasteiger partial charge in [-0.25, -0.2) is 4.79 Å². The molecule has 1 unspecified atom stereocenters. The zero-order chi connectivity index (χ0) is 66.7. The Labute approximate surface area is 508 Å². The van der Waals surface area contributed by atoms with Crippen LogP contribution in [0.3, 0.4) is 0 Å². The van der Waals surface area contributed by atoms with Crippen molar-refractivity contribution in [2.24, 2.45) is 0 Å². The maximum atomic E-state index is 12.8. The Morgan fingerprint density at radius 1 is 0.456 bits per heavy atom. The lowest BCUT2D eigenvalue weighted by Crippen LogP contribution is -2.69. The van der Waals surface area contributed by atoms with Crippen LogP contribution >= 0.6 is 0 Å². The van der Waals surface area contributed by atoms with Gasteiger partial charge in [0.15, 0.2) is 37.7 Å². The molecule has 41 heteroatoms. The molecule has 7 rings (SSSR count). The van der Waals surface area contributed by atoms with E-state index in [-0.39, 0.29) is 0 Å². The average Bonchev–Trinajstić information content (AvgIpc) is 0.925. The Morgan fingerprint density at radius 3 is 1.36 bits per heavy atom. The molecule has 7 heterocycles. The summed E-state index contributed by atoms with van der Waals surface area (Å²) in [5, 5.41) is 252. The lowest BCUT2D eigenvalue weighted by atomic mass is 9.88. The number of nitrogens with one attached hydrogen (secondary N) is 2. The predicted molar refractivity (Wildman–Crippen MR) is 272 cm³/mol. The monoisotopic (exact) mass is 1320 g/mol.